The zero-order valence-electron chi connectivity index (χ0n) is 12.1. The van der Waals surface area contributed by atoms with Crippen LogP contribution in [0.25, 0.3) is 0 Å². The summed E-state index contributed by atoms with van der Waals surface area (Å²) in [6.45, 7) is 5.79. The normalized spacial score (nSPS) is 15.0. The maximum absolute atomic E-state index is 13.0. The van der Waals surface area contributed by atoms with Crippen molar-refractivity contribution in [2.75, 3.05) is 6.66 Å². The first-order valence-corrected chi connectivity index (χ1v) is 9.04. The molecule has 0 aliphatic heterocycles. The fraction of sp³-hybridized carbons (Fsp3) is 0.438. The molecule has 0 aromatic heterocycles. The molecule has 2 nitrogen and oxygen atoms in total. The molecule has 0 spiro atoms. The molecule has 0 heterocycles. The van der Waals surface area contributed by atoms with Crippen molar-refractivity contribution in [2.24, 2.45) is 0 Å². The second kappa shape index (κ2) is 7.45. The van der Waals surface area contributed by atoms with Crippen LogP contribution in [-0.2, 0) is 9.36 Å². The molecule has 19 heavy (non-hydrogen) atoms. The minimum absolute atomic E-state index is 0.0870. The van der Waals surface area contributed by atoms with Crippen molar-refractivity contribution < 1.29 is 9.36 Å². The molecule has 104 valence electrons. The average Bonchev–Trinajstić information content (AvgIpc) is 2.39. The number of hydrogen-bond donors (Lipinski definition) is 0. The molecule has 3 heteroatoms. The van der Waals surface area contributed by atoms with Gasteiger partial charge < -0.3 is 4.57 Å². The van der Waals surface area contributed by atoms with Crippen LogP contribution >= 0.6 is 7.14 Å². The predicted octanol–water partition coefficient (Wildman–Crippen LogP) is 4.36. The molecule has 0 amide bonds. The number of ketones is 1. The van der Waals surface area contributed by atoms with E-state index in [9.17, 15) is 9.36 Å². The van der Waals surface area contributed by atoms with Crippen LogP contribution in [0.5, 0.6) is 0 Å². The van der Waals surface area contributed by atoms with Gasteiger partial charge in [0.25, 0.3) is 0 Å². The lowest BCUT2D eigenvalue weighted by atomic mass is 10.2. The van der Waals surface area contributed by atoms with E-state index >= 15 is 0 Å². The van der Waals surface area contributed by atoms with E-state index < -0.39 is 7.14 Å². The maximum Gasteiger partial charge on any atom is 0.156 e. The van der Waals surface area contributed by atoms with E-state index in [1.54, 1.807) is 12.7 Å². The first kappa shape index (κ1) is 15.9. The molecule has 0 N–H and O–H groups in total. The molecule has 0 radical (unpaired) electrons. The third-order valence-electron chi connectivity index (χ3n) is 3.13. The Hall–Kier alpha value is -1.14. The van der Waals surface area contributed by atoms with Crippen LogP contribution in [0, 0.1) is 0 Å². The number of rotatable bonds is 7. The van der Waals surface area contributed by atoms with Crippen molar-refractivity contribution in [1.82, 2.24) is 0 Å². The van der Waals surface area contributed by atoms with Crippen LogP contribution in [0.1, 0.15) is 39.5 Å². The van der Waals surface area contributed by atoms with Crippen LogP contribution in [0.3, 0.4) is 0 Å². The standard InChI is InChI=1S/C16H23O2P/c1-4-9-14(17)13-16(10-5-2)19(3,18)15-11-7-6-8-12-15/h6-8,11-13H,4-5,9-10H2,1-3H3/b16-13-. The fourth-order valence-electron chi connectivity index (χ4n) is 2.05. The van der Waals surface area contributed by atoms with Gasteiger partial charge in [0, 0.05) is 11.7 Å². The molecular weight excluding hydrogens is 255 g/mol. The van der Waals surface area contributed by atoms with E-state index in [-0.39, 0.29) is 5.78 Å². The predicted molar refractivity (Wildman–Crippen MR) is 82.5 cm³/mol. The molecule has 0 bridgehead atoms. The molecule has 1 aromatic rings. The molecule has 1 aromatic carbocycles. The zero-order valence-corrected chi connectivity index (χ0v) is 13.0. The Kier molecular flexibility index (Phi) is 6.24. The Balaban J connectivity index is 3.11. The van der Waals surface area contributed by atoms with Gasteiger partial charge in [0.2, 0.25) is 0 Å². The van der Waals surface area contributed by atoms with Crippen molar-refractivity contribution in [1.29, 1.82) is 0 Å². The summed E-state index contributed by atoms with van der Waals surface area (Å²) in [5.74, 6) is 0.0870. The van der Waals surface area contributed by atoms with E-state index in [1.807, 2.05) is 44.2 Å². The minimum Gasteiger partial charge on any atom is -0.314 e. The highest BCUT2D eigenvalue weighted by Crippen LogP contribution is 2.50. The second-order valence-corrected chi connectivity index (χ2v) is 7.80. The maximum atomic E-state index is 13.0. The highest BCUT2D eigenvalue weighted by atomic mass is 31.2. The summed E-state index contributed by atoms with van der Waals surface area (Å²) in [6, 6.07) is 9.46. The summed E-state index contributed by atoms with van der Waals surface area (Å²) in [5.41, 5.74) is 0. The Morgan fingerprint density at radius 3 is 2.21 bits per heavy atom. The monoisotopic (exact) mass is 278 g/mol. The molecule has 0 saturated heterocycles. The van der Waals surface area contributed by atoms with Gasteiger partial charge in [-0.25, -0.2) is 0 Å². The molecule has 1 rings (SSSR count). The Morgan fingerprint density at radius 2 is 1.68 bits per heavy atom. The lowest BCUT2D eigenvalue weighted by Gasteiger charge is -2.17. The minimum atomic E-state index is -2.61. The van der Waals surface area contributed by atoms with E-state index in [2.05, 4.69) is 0 Å². The lowest BCUT2D eigenvalue weighted by Crippen LogP contribution is -2.06. The van der Waals surface area contributed by atoms with E-state index in [0.29, 0.717) is 6.42 Å². The van der Waals surface area contributed by atoms with Gasteiger partial charge in [-0.2, -0.15) is 0 Å². The molecule has 0 fully saturated rings. The number of hydrogen-bond acceptors (Lipinski definition) is 2. The summed E-state index contributed by atoms with van der Waals surface area (Å²) >= 11 is 0. The number of carbonyl (C=O) groups is 1. The first-order valence-electron chi connectivity index (χ1n) is 6.89. The summed E-state index contributed by atoms with van der Waals surface area (Å²) in [4.78, 5) is 11.8. The summed E-state index contributed by atoms with van der Waals surface area (Å²) in [5, 5.41) is 1.64. The van der Waals surface area contributed by atoms with E-state index in [1.165, 1.54) is 0 Å². The SMILES string of the molecule is CCCC(=O)/C=C(/CCC)P(C)(=O)c1ccccc1. The second-order valence-electron chi connectivity index (χ2n) is 4.86. The molecule has 1 atom stereocenters. The highest BCUT2D eigenvalue weighted by molar-refractivity contribution is 7.74. The highest BCUT2D eigenvalue weighted by Gasteiger charge is 2.23. The smallest absolute Gasteiger partial charge is 0.156 e. The van der Waals surface area contributed by atoms with Gasteiger partial charge in [0.15, 0.2) is 5.78 Å². The largest absolute Gasteiger partial charge is 0.314 e. The van der Waals surface area contributed by atoms with Gasteiger partial charge in [-0.15, -0.1) is 0 Å². The Labute approximate surface area is 116 Å². The van der Waals surface area contributed by atoms with Crippen molar-refractivity contribution >= 4 is 18.2 Å². The molecular formula is C16H23O2P. The Morgan fingerprint density at radius 1 is 1.11 bits per heavy atom. The third-order valence-corrected chi connectivity index (χ3v) is 5.86. The Bertz CT molecular complexity index is 489. The lowest BCUT2D eigenvalue weighted by molar-refractivity contribution is -0.114. The van der Waals surface area contributed by atoms with Gasteiger partial charge in [-0.05, 0) is 30.9 Å². The van der Waals surface area contributed by atoms with E-state index in [0.717, 1.165) is 29.9 Å². The quantitative estimate of drug-likeness (QED) is 0.548. The first-order chi connectivity index (χ1) is 9.02. The van der Waals surface area contributed by atoms with Gasteiger partial charge in [-0.3, -0.25) is 4.79 Å². The van der Waals surface area contributed by atoms with Crippen LogP contribution in [0.2, 0.25) is 0 Å². The average molecular weight is 278 g/mol. The molecule has 1 unspecified atom stereocenters. The molecule has 0 aliphatic rings. The summed E-state index contributed by atoms with van der Waals surface area (Å²) in [6.07, 6.45) is 4.60. The van der Waals surface area contributed by atoms with Gasteiger partial charge in [0.05, 0.1) is 0 Å². The topological polar surface area (TPSA) is 34.1 Å². The summed E-state index contributed by atoms with van der Waals surface area (Å²) in [7, 11) is -2.61. The van der Waals surface area contributed by atoms with Crippen LogP contribution in [0.4, 0.5) is 0 Å². The van der Waals surface area contributed by atoms with E-state index in [4.69, 9.17) is 0 Å². The van der Waals surface area contributed by atoms with Gasteiger partial charge in [0.1, 0.15) is 7.14 Å². The van der Waals surface area contributed by atoms with Crippen molar-refractivity contribution in [3.63, 3.8) is 0 Å². The third kappa shape index (κ3) is 4.47. The van der Waals surface area contributed by atoms with Crippen LogP contribution in [-0.4, -0.2) is 12.4 Å². The van der Waals surface area contributed by atoms with Crippen molar-refractivity contribution in [2.45, 2.75) is 39.5 Å². The number of carbonyl (C=O) groups excluding carboxylic acids is 1. The fourth-order valence-corrected chi connectivity index (χ4v) is 4.16. The molecule has 0 saturated carbocycles. The summed E-state index contributed by atoms with van der Waals surface area (Å²) < 4.78 is 13.0. The number of allylic oxidation sites excluding steroid dienone is 2. The van der Waals surface area contributed by atoms with Crippen LogP contribution in [0.15, 0.2) is 41.7 Å². The van der Waals surface area contributed by atoms with Gasteiger partial charge in [-0.1, -0.05) is 50.6 Å². The van der Waals surface area contributed by atoms with Crippen molar-refractivity contribution in [3.8, 4) is 0 Å². The molecule has 0 aliphatic carbocycles. The van der Waals surface area contributed by atoms with Crippen LogP contribution < -0.4 is 5.30 Å². The van der Waals surface area contributed by atoms with Gasteiger partial charge >= 0.3 is 0 Å². The van der Waals surface area contributed by atoms with Crippen molar-refractivity contribution in [3.05, 3.63) is 41.7 Å². The number of benzene rings is 1. The zero-order chi connectivity index (χ0) is 14.3.